The lowest BCUT2D eigenvalue weighted by molar-refractivity contribution is -0.142. The molecule has 1 N–H and O–H groups in total. The Morgan fingerprint density at radius 2 is 2.03 bits per heavy atom. The first-order valence-corrected chi connectivity index (χ1v) is 12.2. The van der Waals surface area contributed by atoms with E-state index >= 15 is 0 Å². The third-order valence-corrected chi connectivity index (χ3v) is 7.33. The fraction of sp³-hybridized carbons (Fsp3) is 0.391. The number of rotatable bonds is 6. The molecule has 0 bridgehead atoms. The number of hydrogen-bond donors (Lipinski definition) is 1. The average molecular weight is 541 g/mol. The third kappa shape index (κ3) is 5.00. The Hall–Kier alpha value is -3.23. The van der Waals surface area contributed by atoms with Crippen LogP contribution in [0.4, 0.5) is 22.0 Å². The van der Waals surface area contributed by atoms with Gasteiger partial charge in [-0.3, -0.25) is 10.2 Å². The molecule has 8 nitrogen and oxygen atoms in total. The molecule has 14 heteroatoms. The van der Waals surface area contributed by atoms with Crippen molar-refractivity contribution >= 4 is 23.3 Å². The number of thiazole rings is 1. The molecule has 3 atom stereocenters. The minimum atomic E-state index is -4.61. The highest BCUT2D eigenvalue weighted by Crippen LogP contribution is 2.35. The van der Waals surface area contributed by atoms with E-state index in [1.54, 1.807) is 10.4 Å². The molecule has 196 valence electrons. The Bertz CT molecular complexity index is 1310. The second-order valence-electron chi connectivity index (χ2n) is 8.75. The van der Waals surface area contributed by atoms with E-state index < -0.39 is 35.8 Å². The van der Waals surface area contributed by atoms with Gasteiger partial charge < -0.3 is 4.84 Å². The van der Waals surface area contributed by atoms with Crippen LogP contribution in [0, 0.1) is 18.6 Å². The van der Waals surface area contributed by atoms with E-state index in [-0.39, 0.29) is 23.6 Å². The van der Waals surface area contributed by atoms with Crippen molar-refractivity contribution in [1.82, 2.24) is 25.2 Å². The van der Waals surface area contributed by atoms with Crippen LogP contribution in [0.1, 0.15) is 58.7 Å². The number of aryl methyl sites for hydroxylation is 1. The summed E-state index contributed by atoms with van der Waals surface area (Å²) < 4.78 is 68.4. The average Bonchev–Trinajstić information content (AvgIpc) is 3.60. The summed E-state index contributed by atoms with van der Waals surface area (Å²) in [5, 5.41) is 11.7. The molecule has 0 radical (unpaired) electrons. The van der Waals surface area contributed by atoms with Crippen LogP contribution in [-0.2, 0) is 15.8 Å². The molecule has 0 saturated carbocycles. The van der Waals surface area contributed by atoms with Crippen LogP contribution in [0.3, 0.4) is 0 Å². The lowest BCUT2D eigenvalue weighted by Gasteiger charge is -2.35. The summed E-state index contributed by atoms with van der Waals surface area (Å²) in [7, 11) is 0. The monoisotopic (exact) mass is 540 g/mol. The van der Waals surface area contributed by atoms with Crippen molar-refractivity contribution in [2.45, 2.75) is 44.1 Å². The summed E-state index contributed by atoms with van der Waals surface area (Å²) in [5.74, 6) is -1.42. The summed E-state index contributed by atoms with van der Waals surface area (Å²) in [5.41, 5.74) is 3.12. The summed E-state index contributed by atoms with van der Waals surface area (Å²) in [4.78, 5) is 21.7. The highest BCUT2D eigenvalue weighted by Gasteiger charge is 2.37. The summed E-state index contributed by atoms with van der Waals surface area (Å²) >= 11 is 1.40. The van der Waals surface area contributed by atoms with Crippen LogP contribution < -0.4 is 5.43 Å². The number of nitrogens with zero attached hydrogens (tertiary/aromatic N) is 5. The fourth-order valence-corrected chi connectivity index (χ4v) is 5.37. The zero-order valence-electron chi connectivity index (χ0n) is 19.4. The standard InChI is InChI=1S/C23H21F5N6O2S/c1-12-7-19(23(26,27)28)31-34(12)20(10-35)33-6-5-13(9-29-33)22-30-17(11-37-22)16-8-18(36-32-16)21-14(24)3-2-4-15(21)25/h2-4,7,10-11,13,18,20,29H,5-6,8-9H2,1H3. The Labute approximate surface area is 211 Å². The Balaban J connectivity index is 1.22. The van der Waals surface area contributed by atoms with E-state index in [0.717, 1.165) is 27.9 Å². The number of halogens is 5. The van der Waals surface area contributed by atoms with Crippen molar-refractivity contribution in [2.75, 3.05) is 13.1 Å². The fourth-order valence-electron chi connectivity index (χ4n) is 4.41. The first kappa shape index (κ1) is 25.4. The molecule has 0 aliphatic carbocycles. The number of hydrazine groups is 1. The van der Waals surface area contributed by atoms with E-state index in [0.29, 0.717) is 37.2 Å². The zero-order chi connectivity index (χ0) is 26.3. The molecule has 1 aromatic carbocycles. The van der Waals surface area contributed by atoms with Gasteiger partial charge in [-0.1, -0.05) is 11.2 Å². The van der Waals surface area contributed by atoms with Crippen LogP contribution in [0.2, 0.25) is 0 Å². The summed E-state index contributed by atoms with van der Waals surface area (Å²) in [6.45, 7) is 2.22. The zero-order valence-corrected chi connectivity index (χ0v) is 20.2. The molecule has 1 saturated heterocycles. The Kier molecular flexibility index (Phi) is 6.81. The number of oxime groups is 1. The minimum Gasteiger partial charge on any atom is -0.387 e. The minimum absolute atomic E-state index is 0.0190. The van der Waals surface area contributed by atoms with Crippen molar-refractivity contribution in [1.29, 1.82) is 0 Å². The maximum atomic E-state index is 14.1. The predicted molar refractivity (Wildman–Crippen MR) is 123 cm³/mol. The molecule has 0 amide bonds. The molecule has 5 rings (SSSR count). The Morgan fingerprint density at radius 1 is 1.27 bits per heavy atom. The lowest BCUT2D eigenvalue weighted by atomic mass is 10.0. The maximum absolute atomic E-state index is 14.1. The number of hydrogen-bond acceptors (Lipinski definition) is 8. The van der Waals surface area contributed by atoms with Gasteiger partial charge >= 0.3 is 6.18 Å². The number of carbonyl (C=O) groups is 1. The third-order valence-electron chi connectivity index (χ3n) is 6.32. The number of carbonyl (C=O) groups excluding carboxylic acids is 1. The van der Waals surface area contributed by atoms with E-state index in [1.807, 2.05) is 0 Å². The van der Waals surface area contributed by atoms with Crippen LogP contribution in [0.25, 0.3) is 0 Å². The van der Waals surface area contributed by atoms with Crippen molar-refractivity contribution in [2.24, 2.45) is 5.16 Å². The van der Waals surface area contributed by atoms with E-state index in [9.17, 15) is 26.7 Å². The maximum Gasteiger partial charge on any atom is 0.435 e. The van der Waals surface area contributed by atoms with Gasteiger partial charge in [0.1, 0.15) is 17.3 Å². The van der Waals surface area contributed by atoms with Crippen molar-refractivity contribution in [3.05, 3.63) is 68.9 Å². The lowest BCUT2D eigenvalue weighted by Crippen LogP contribution is -2.50. The molecule has 2 aromatic heterocycles. The van der Waals surface area contributed by atoms with Crippen LogP contribution >= 0.6 is 11.3 Å². The SMILES string of the molecule is Cc1cc(C(F)(F)F)nn1C(C=O)N1CCC(c2nc(C3=NOC(c4c(F)cccc4F)C3)cs2)CN1. The second-order valence-corrected chi connectivity index (χ2v) is 9.64. The molecule has 2 aliphatic rings. The highest BCUT2D eigenvalue weighted by atomic mass is 32.1. The van der Waals surface area contributed by atoms with Crippen molar-refractivity contribution in [3.63, 3.8) is 0 Å². The predicted octanol–water partition coefficient (Wildman–Crippen LogP) is 4.50. The van der Waals surface area contributed by atoms with E-state index in [4.69, 9.17) is 4.84 Å². The summed E-state index contributed by atoms with van der Waals surface area (Å²) in [6, 6.07) is 4.52. The molecule has 4 heterocycles. The Morgan fingerprint density at radius 3 is 2.65 bits per heavy atom. The van der Waals surface area contributed by atoms with Crippen molar-refractivity contribution in [3.8, 4) is 0 Å². The van der Waals surface area contributed by atoms with Gasteiger partial charge in [0, 0.05) is 36.5 Å². The smallest absolute Gasteiger partial charge is 0.387 e. The highest BCUT2D eigenvalue weighted by molar-refractivity contribution is 7.10. The van der Waals surface area contributed by atoms with Crippen LogP contribution in [0.5, 0.6) is 0 Å². The van der Waals surface area contributed by atoms with Gasteiger partial charge in [-0.05, 0) is 31.5 Å². The molecule has 2 aliphatic heterocycles. The largest absolute Gasteiger partial charge is 0.435 e. The number of alkyl halides is 3. The van der Waals surface area contributed by atoms with E-state index in [1.165, 1.54) is 24.3 Å². The molecule has 1 fully saturated rings. The number of nitrogens with one attached hydrogen (secondary N) is 1. The van der Waals surface area contributed by atoms with Crippen molar-refractivity contribution < 1.29 is 31.6 Å². The van der Waals surface area contributed by atoms with E-state index in [2.05, 4.69) is 20.7 Å². The number of aldehydes is 1. The van der Waals surface area contributed by atoms with Gasteiger partial charge in [0.25, 0.3) is 0 Å². The van der Waals surface area contributed by atoms with Gasteiger partial charge in [0.2, 0.25) is 0 Å². The van der Waals surface area contributed by atoms with Crippen LogP contribution in [0.15, 0.2) is 34.8 Å². The first-order chi connectivity index (χ1) is 17.7. The molecule has 3 unspecified atom stereocenters. The topological polar surface area (TPSA) is 84.6 Å². The van der Waals surface area contributed by atoms with Gasteiger partial charge in [0.05, 0.1) is 16.3 Å². The second kappa shape index (κ2) is 9.91. The first-order valence-electron chi connectivity index (χ1n) is 11.4. The quantitative estimate of drug-likeness (QED) is 0.366. The number of benzene rings is 1. The molecule has 0 spiro atoms. The van der Waals surface area contributed by atoms with Gasteiger partial charge in [-0.25, -0.2) is 23.5 Å². The van der Waals surface area contributed by atoms with Gasteiger partial charge in [-0.2, -0.15) is 18.3 Å². The summed E-state index contributed by atoms with van der Waals surface area (Å²) in [6.07, 6.45) is -5.23. The van der Waals surface area contributed by atoms with Crippen LogP contribution in [-0.4, -0.2) is 44.9 Å². The van der Waals surface area contributed by atoms with Gasteiger partial charge in [0.15, 0.2) is 24.2 Å². The van der Waals surface area contributed by atoms with Gasteiger partial charge in [-0.15, -0.1) is 11.3 Å². The molecule has 3 aromatic rings. The molecule has 37 heavy (non-hydrogen) atoms. The number of aromatic nitrogens is 3. The molecular formula is C23H21F5N6O2S. The normalized spacial score (nSPS) is 21.5. The molecular weight excluding hydrogens is 519 g/mol.